The van der Waals surface area contributed by atoms with Crippen molar-refractivity contribution in [2.45, 2.75) is 32.0 Å². The van der Waals surface area contributed by atoms with Crippen molar-refractivity contribution >= 4 is 28.4 Å². The Labute approximate surface area is 163 Å². The molecule has 0 aliphatic carbocycles. The Kier molecular flexibility index (Phi) is 5.12. The van der Waals surface area contributed by atoms with Crippen molar-refractivity contribution < 1.29 is 14.3 Å². The van der Waals surface area contributed by atoms with Gasteiger partial charge in [0.2, 0.25) is 11.8 Å². The maximum absolute atomic E-state index is 12.9. The van der Waals surface area contributed by atoms with Crippen molar-refractivity contribution in [2.24, 2.45) is 0 Å². The molecule has 1 unspecified atom stereocenters. The smallest absolute Gasteiger partial charge is 0.247 e. The van der Waals surface area contributed by atoms with Crippen LogP contribution in [0.3, 0.4) is 0 Å². The number of H-pyrrole nitrogens is 1. The highest BCUT2D eigenvalue weighted by atomic mass is 16.5. The standard InChI is InChI=1S/C22H23N3O3/c1-28-14-15-5-4-6-17(11-15)24-22(27)20-9-10-21(26)25(20)13-16-12-23-19-8-3-2-7-18(16)19/h2-8,11-12,20,23H,9-10,13-14H2,1H3,(H,24,27). The molecule has 2 aromatic carbocycles. The number of para-hydroxylation sites is 1. The summed E-state index contributed by atoms with van der Waals surface area (Å²) in [5, 5.41) is 4.03. The zero-order chi connectivity index (χ0) is 19.5. The molecule has 2 heterocycles. The number of hydrogen-bond acceptors (Lipinski definition) is 3. The van der Waals surface area contributed by atoms with Gasteiger partial charge in [-0.15, -0.1) is 0 Å². The van der Waals surface area contributed by atoms with Crippen molar-refractivity contribution in [3.05, 3.63) is 65.9 Å². The molecule has 3 aromatic rings. The van der Waals surface area contributed by atoms with Gasteiger partial charge < -0.3 is 19.9 Å². The summed E-state index contributed by atoms with van der Waals surface area (Å²) in [7, 11) is 1.64. The Bertz CT molecular complexity index is 1010. The average molecular weight is 377 g/mol. The van der Waals surface area contributed by atoms with Gasteiger partial charge in [-0.05, 0) is 35.7 Å². The minimum absolute atomic E-state index is 0.0126. The third-order valence-corrected chi connectivity index (χ3v) is 5.15. The Morgan fingerprint density at radius 3 is 2.96 bits per heavy atom. The van der Waals surface area contributed by atoms with Gasteiger partial charge in [0.05, 0.1) is 6.61 Å². The van der Waals surface area contributed by atoms with E-state index in [4.69, 9.17) is 4.74 Å². The molecule has 0 spiro atoms. The number of nitrogens with zero attached hydrogens (tertiary/aromatic N) is 1. The van der Waals surface area contributed by atoms with Crippen LogP contribution >= 0.6 is 0 Å². The number of aromatic nitrogens is 1. The fraction of sp³-hybridized carbons (Fsp3) is 0.273. The Morgan fingerprint density at radius 1 is 1.25 bits per heavy atom. The summed E-state index contributed by atoms with van der Waals surface area (Å²) in [5.74, 6) is -0.140. The van der Waals surface area contributed by atoms with Crippen molar-refractivity contribution in [1.82, 2.24) is 9.88 Å². The molecule has 0 saturated carbocycles. The molecule has 0 bridgehead atoms. The minimum atomic E-state index is -0.466. The van der Waals surface area contributed by atoms with Gasteiger partial charge in [-0.3, -0.25) is 9.59 Å². The molecule has 0 radical (unpaired) electrons. The third kappa shape index (κ3) is 3.64. The first-order chi connectivity index (χ1) is 13.7. The van der Waals surface area contributed by atoms with Gasteiger partial charge in [-0.25, -0.2) is 0 Å². The van der Waals surface area contributed by atoms with Gasteiger partial charge in [0.25, 0.3) is 0 Å². The summed E-state index contributed by atoms with van der Waals surface area (Å²) >= 11 is 0. The highest BCUT2D eigenvalue weighted by Crippen LogP contribution is 2.26. The number of methoxy groups -OCH3 is 1. The van der Waals surface area contributed by atoms with Gasteiger partial charge in [0.15, 0.2) is 0 Å². The highest BCUT2D eigenvalue weighted by Gasteiger charge is 2.36. The number of anilines is 1. The topological polar surface area (TPSA) is 74.4 Å². The van der Waals surface area contributed by atoms with E-state index in [1.807, 2.05) is 54.7 Å². The summed E-state index contributed by atoms with van der Waals surface area (Å²) in [6, 6.07) is 15.1. The lowest BCUT2D eigenvalue weighted by Gasteiger charge is -2.24. The SMILES string of the molecule is COCc1cccc(NC(=O)C2CCC(=O)N2Cc2c[nH]c3ccccc23)c1. The van der Waals surface area contributed by atoms with Crippen LogP contribution in [0.1, 0.15) is 24.0 Å². The monoisotopic (exact) mass is 377 g/mol. The molecule has 144 valence electrons. The van der Waals surface area contributed by atoms with Crippen LogP contribution in [-0.2, 0) is 27.5 Å². The third-order valence-electron chi connectivity index (χ3n) is 5.15. The van der Waals surface area contributed by atoms with Crippen LogP contribution in [0.15, 0.2) is 54.7 Å². The molecule has 2 amide bonds. The molecule has 1 saturated heterocycles. The summed E-state index contributed by atoms with van der Waals surface area (Å²) in [5.41, 5.74) is 3.75. The second-order valence-corrected chi connectivity index (χ2v) is 7.06. The number of benzene rings is 2. The quantitative estimate of drug-likeness (QED) is 0.691. The summed E-state index contributed by atoms with van der Waals surface area (Å²) < 4.78 is 5.14. The first-order valence-corrected chi connectivity index (χ1v) is 9.39. The van der Waals surface area contributed by atoms with Crippen LogP contribution < -0.4 is 5.32 Å². The summed E-state index contributed by atoms with van der Waals surface area (Å²) in [6.45, 7) is 0.906. The van der Waals surface area contributed by atoms with Crippen LogP contribution in [-0.4, -0.2) is 34.8 Å². The molecule has 28 heavy (non-hydrogen) atoms. The Morgan fingerprint density at radius 2 is 2.11 bits per heavy atom. The molecule has 6 nitrogen and oxygen atoms in total. The molecule has 6 heteroatoms. The molecular formula is C22H23N3O3. The van der Waals surface area contributed by atoms with Gasteiger partial charge in [0.1, 0.15) is 6.04 Å². The van der Waals surface area contributed by atoms with Gasteiger partial charge >= 0.3 is 0 Å². The first kappa shape index (κ1) is 18.3. The van der Waals surface area contributed by atoms with Crippen LogP contribution in [0.4, 0.5) is 5.69 Å². The molecule has 1 aromatic heterocycles. The number of nitrogens with one attached hydrogen (secondary N) is 2. The number of likely N-dealkylation sites (tertiary alicyclic amines) is 1. The van der Waals surface area contributed by atoms with E-state index in [0.29, 0.717) is 31.7 Å². The predicted octanol–water partition coefficient (Wildman–Crippen LogP) is 3.44. The maximum Gasteiger partial charge on any atom is 0.247 e. The van der Waals surface area contributed by atoms with Crippen molar-refractivity contribution in [2.75, 3.05) is 12.4 Å². The molecule has 2 N–H and O–H groups in total. The number of aromatic amines is 1. The number of amides is 2. The number of carbonyl (C=O) groups excluding carboxylic acids is 2. The molecule has 4 rings (SSSR count). The van der Waals surface area contributed by atoms with E-state index in [0.717, 1.165) is 22.0 Å². The van der Waals surface area contributed by atoms with Gasteiger partial charge in [-0.1, -0.05) is 30.3 Å². The lowest BCUT2D eigenvalue weighted by Crippen LogP contribution is -2.41. The zero-order valence-corrected chi connectivity index (χ0v) is 15.8. The lowest BCUT2D eigenvalue weighted by molar-refractivity contribution is -0.133. The van der Waals surface area contributed by atoms with Crippen molar-refractivity contribution in [3.63, 3.8) is 0 Å². The number of hydrogen-bond donors (Lipinski definition) is 2. The fourth-order valence-electron chi connectivity index (χ4n) is 3.78. The second-order valence-electron chi connectivity index (χ2n) is 7.06. The minimum Gasteiger partial charge on any atom is -0.380 e. The molecule has 1 atom stereocenters. The first-order valence-electron chi connectivity index (χ1n) is 9.39. The number of ether oxygens (including phenoxy) is 1. The van der Waals surface area contributed by atoms with Crippen molar-refractivity contribution in [3.8, 4) is 0 Å². The van der Waals surface area contributed by atoms with E-state index in [1.54, 1.807) is 12.0 Å². The van der Waals surface area contributed by atoms with E-state index >= 15 is 0 Å². The van der Waals surface area contributed by atoms with E-state index in [2.05, 4.69) is 10.3 Å². The molecule has 1 fully saturated rings. The van der Waals surface area contributed by atoms with Crippen LogP contribution in [0.25, 0.3) is 10.9 Å². The predicted molar refractivity (Wildman–Crippen MR) is 108 cm³/mol. The number of rotatable bonds is 6. The largest absolute Gasteiger partial charge is 0.380 e. The summed E-state index contributed by atoms with van der Waals surface area (Å²) in [4.78, 5) is 30.3. The summed E-state index contributed by atoms with van der Waals surface area (Å²) in [6.07, 6.45) is 2.84. The lowest BCUT2D eigenvalue weighted by atomic mass is 10.1. The van der Waals surface area contributed by atoms with Crippen LogP contribution in [0.2, 0.25) is 0 Å². The van der Waals surface area contributed by atoms with E-state index in [1.165, 1.54) is 0 Å². The fourth-order valence-corrected chi connectivity index (χ4v) is 3.78. The maximum atomic E-state index is 12.9. The van der Waals surface area contributed by atoms with E-state index in [9.17, 15) is 9.59 Å². The zero-order valence-electron chi connectivity index (χ0n) is 15.8. The van der Waals surface area contributed by atoms with Crippen LogP contribution in [0.5, 0.6) is 0 Å². The molecular weight excluding hydrogens is 354 g/mol. The Balaban J connectivity index is 1.51. The van der Waals surface area contributed by atoms with E-state index in [-0.39, 0.29) is 11.8 Å². The highest BCUT2D eigenvalue weighted by molar-refractivity contribution is 5.99. The van der Waals surface area contributed by atoms with Crippen LogP contribution in [0, 0.1) is 0 Å². The second kappa shape index (κ2) is 7.86. The number of fused-ring (bicyclic) bond motifs is 1. The van der Waals surface area contributed by atoms with Gasteiger partial charge in [-0.2, -0.15) is 0 Å². The normalized spacial score (nSPS) is 16.7. The molecule has 1 aliphatic rings. The van der Waals surface area contributed by atoms with Crippen molar-refractivity contribution in [1.29, 1.82) is 0 Å². The Hall–Kier alpha value is -3.12. The van der Waals surface area contributed by atoms with Gasteiger partial charge in [0, 0.05) is 42.9 Å². The van der Waals surface area contributed by atoms with E-state index < -0.39 is 6.04 Å². The average Bonchev–Trinajstić information content (AvgIpc) is 3.27. The molecule has 1 aliphatic heterocycles. The number of carbonyl (C=O) groups is 2.